The summed E-state index contributed by atoms with van der Waals surface area (Å²) in [6.07, 6.45) is 2.30. The Kier molecular flexibility index (Phi) is 4.70. The molecular formula is C13H16FNO. The van der Waals surface area contributed by atoms with Crippen LogP contribution in [0.4, 0.5) is 4.39 Å². The summed E-state index contributed by atoms with van der Waals surface area (Å²) in [5, 5.41) is 0. The van der Waals surface area contributed by atoms with Crippen molar-refractivity contribution in [3.8, 4) is 0 Å². The Morgan fingerprint density at radius 2 is 1.81 bits per heavy atom. The lowest BCUT2D eigenvalue weighted by Crippen LogP contribution is -1.88. The smallest absolute Gasteiger partial charge is 0.191 e. The minimum Gasteiger partial charge on any atom is -0.449 e. The molecule has 0 saturated heterocycles. The standard InChI is InChI=1S/C11H10FNO.C2H6/c1-8-13-11(7-14-8)6-9-2-4-10(12)5-3-9;1-2/h2-5,7H,6H2,1H3;1-2H3. The third-order valence-corrected chi connectivity index (χ3v) is 1.97. The first-order valence-corrected chi connectivity index (χ1v) is 5.39. The molecule has 0 aliphatic heterocycles. The van der Waals surface area contributed by atoms with Gasteiger partial charge in [-0.15, -0.1) is 0 Å². The van der Waals surface area contributed by atoms with Crippen LogP contribution in [0.1, 0.15) is 31.0 Å². The summed E-state index contributed by atoms with van der Waals surface area (Å²) in [5.41, 5.74) is 1.90. The summed E-state index contributed by atoms with van der Waals surface area (Å²) in [5.74, 6) is 0.437. The zero-order chi connectivity index (χ0) is 12.0. The fraction of sp³-hybridized carbons (Fsp3) is 0.308. The molecule has 0 radical (unpaired) electrons. The molecule has 1 heterocycles. The van der Waals surface area contributed by atoms with E-state index >= 15 is 0 Å². The van der Waals surface area contributed by atoms with Gasteiger partial charge in [0.1, 0.15) is 12.1 Å². The van der Waals surface area contributed by atoms with Gasteiger partial charge in [0.25, 0.3) is 0 Å². The van der Waals surface area contributed by atoms with E-state index in [0.29, 0.717) is 12.3 Å². The van der Waals surface area contributed by atoms with Crippen LogP contribution in [0.2, 0.25) is 0 Å². The maximum atomic E-state index is 12.6. The molecule has 1 aromatic heterocycles. The molecule has 0 aliphatic carbocycles. The molecule has 0 fully saturated rings. The summed E-state index contributed by atoms with van der Waals surface area (Å²) in [7, 11) is 0. The Hall–Kier alpha value is -1.64. The number of aryl methyl sites for hydroxylation is 1. The van der Waals surface area contributed by atoms with Crippen LogP contribution in [0.25, 0.3) is 0 Å². The largest absolute Gasteiger partial charge is 0.449 e. The first-order valence-electron chi connectivity index (χ1n) is 5.39. The molecule has 3 heteroatoms. The Morgan fingerprint density at radius 1 is 1.19 bits per heavy atom. The third kappa shape index (κ3) is 3.50. The molecule has 0 amide bonds. The van der Waals surface area contributed by atoms with Gasteiger partial charge in [0.15, 0.2) is 5.89 Å². The lowest BCUT2D eigenvalue weighted by Gasteiger charge is -1.96. The van der Waals surface area contributed by atoms with E-state index in [4.69, 9.17) is 4.42 Å². The van der Waals surface area contributed by atoms with Crippen molar-refractivity contribution >= 4 is 0 Å². The van der Waals surface area contributed by atoms with Crippen LogP contribution < -0.4 is 0 Å². The number of halogens is 1. The average molecular weight is 221 g/mol. The van der Waals surface area contributed by atoms with Gasteiger partial charge in [-0.25, -0.2) is 9.37 Å². The van der Waals surface area contributed by atoms with Crippen molar-refractivity contribution in [1.82, 2.24) is 4.98 Å². The summed E-state index contributed by atoms with van der Waals surface area (Å²) in [6, 6.07) is 6.39. The van der Waals surface area contributed by atoms with Gasteiger partial charge >= 0.3 is 0 Å². The van der Waals surface area contributed by atoms with Crippen LogP contribution in [-0.2, 0) is 6.42 Å². The molecule has 0 atom stereocenters. The first-order chi connectivity index (χ1) is 7.74. The molecule has 0 N–H and O–H groups in total. The molecular weight excluding hydrogens is 205 g/mol. The quantitative estimate of drug-likeness (QED) is 0.772. The van der Waals surface area contributed by atoms with E-state index in [-0.39, 0.29) is 5.82 Å². The topological polar surface area (TPSA) is 26.0 Å². The molecule has 86 valence electrons. The van der Waals surface area contributed by atoms with Crippen LogP contribution in [0.15, 0.2) is 34.9 Å². The predicted molar refractivity (Wildman–Crippen MR) is 61.8 cm³/mol. The number of benzene rings is 1. The van der Waals surface area contributed by atoms with Gasteiger partial charge in [-0.1, -0.05) is 26.0 Å². The minimum atomic E-state index is -0.218. The number of aromatic nitrogens is 1. The fourth-order valence-corrected chi connectivity index (χ4v) is 1.30. The zero-order valence-electron chi connectivity index (χ0n) is 9.83. The van der Waals surface area contributed by atoms with E-state index in [1.54, 1.807) is 25.3 Å². The van der Waals surface area contributed by atoms with E-state index in [2.05, 4.69) is 4.98 Å². The van der Waals surface area contributed by atoms with Crippen LogP contribution in [0, 0.1) is 12.7 Å². The fourth-order valence-electron chi connectivity index (χ4n) is 1.30. The van der Waals surface area contributed by atoms with Gasteiger partial charge in [0, 0.05) is 13.3 Å². The van der Waals surface area contributed by atoms with Crippen molar-refractivity contribution in [2.45, 2.75) is 27.2 Å². The Bertz CT molecular complexity index is 420. The van der Waals surface area contributed by atoms with E-state index in [0.717, 1.165) is 11.3 Å². The number of hydrogen-bond donors (Lipinski definition) is 0. The molecule has 2 aromatic rings. The Morgan fingerprint density at radius 3 is 2.31 bits per heavy atom. The van der Waals surface area contributed by atoms with Gasteiger partial charge in [0.2, 0.25) is 0 Å². The maximum absolute atomic E-state index is 12.6. The summed E-state index contributed by atoms with van der Waals surface area (Å²) in [6.45, 7) is 5.80. The summed E-state index contributed by atoms with van der Waals surface area (Å²) < 4.78 is 17.7. The van der Waals surface area contributed by atoms with E-state index in [1.807, 2.05) is 13.8 Å². The normalized spacial score (nSPS) is 9.50. The van der Waals surface area contributed by atoms with Gasteiger partial charge in [-0.2, -0.15) is 0 Å². The van der Waals surface area contributed by atoms with Crippen LogP contribution in [0.3, 0.4) is 0 Å². The Balaban J connectivity index is 0.000000606. The zero-order valence-corrected chi connectivity index (χ0v) is 9.83. The number of rotatable bonds is 2. The lowest BCUT2D eigenvalue weighted by molar-refractivity contribution is 0.520. The summed E-state index contributed by atoms with van der Waals surface area (Å²) >= 11 is 0. The van der Waals surface area contributed by atoms with Gasteiger partial charge < -0.3 is 4.42 Å². The SMILES string of the molecule is CC.Cc1nc(Cc2ccc(F)cc2)co1. The molecule has 0 aliphatic rings. The first kappa shape index (κ1) is 12.4. The molecule has 2 rings (SSSR count). The van der Waals surface area contributed by atoms with Crippen molar-refractivity contribution in [1.29, 1.82) is 0 Å². The van der Waals surface area contributed by atoms with Crippen molar-refractivity contribution < 1.29 is 8.81 Å². The van der Waals surface area contributed by atoms with Crippen molar-refractivity contribution in [3.63, 3.8) is 0 Å². The highest BCUT2D eigenvalue weighted by molar-refractivity contribution is 5.20. The van der Waals surface area contributed by atoms with Crippen molar-refractivity contribution in [2.75, 3.05) is 0 Å². The molecule has 0 spiro atoms. The second kappa shape index (κ2) is 6.05. The number of hydrogen-bond acceptors (Lipinski definition) is 2. The maximum Gasteiger partial charge on any atom is 0.191 e. The molecule has 1 aromatic carbocycles. The van der Waals surface area contributed by atoms with Crippen molar-refractivity contribution in [3.05, 3.63) is 53.5 Å². The monoisotopic (exact) mass is 221 g/mol. The number of nitrogens with zero attached hydrogens (tertiary/aromatic N) is 1. The van der Waals surface area contributed by atoms with E-state index in [1.165, 1.54) is 12.1 Å². The Labute approximate surface area is 95.1 Å². The highest BCUT2D eigenvalue weighted by Gasteiger charge is 2.01. The van der Waals surface area contributed by atoms with Gasteiger partial charge in [-0.05, 0) is 17.7 Å². The molecule has 2 nitrogen and oxygen atoms in total. The van der Waals surface area contributed by atoms with E-state index < -0.39 is 0 Å². The highest BCUT2D eigenvalue weighted by Crippen LogP contribution is 2.09. The minimum absolute atomic E-state index is 0.218. The van der Waals surface area contributed by atoms with Crippen LogP contribution >= 0.6 is 0 Å². The second-order valence-corrected chi connectivity index (χ2v) is 3.16. The molecule has 16 heavy (non-hydrogen) atoms. The average Bonchev–Trinajstić information content (AvgIpc) is 2.70. The van der Waals surface area contributed by atoms with Gasteiger partial charge in [0.05, 0.1) is 5.69 Å². The van der Waals surface area contributed by atoms with Crippen LogP contribution in [-0.4, -0.2) is 4.98 Å². The highest BCUT2D eigenvalue weighted by atomic mass is 19.1. The van der Waals surface area contributed by atoms with Gasteiger partial charge in [-0.3, -0.25) is 0 Å². The van der Waals surface area contributed by atoms with Crippen LogP contribution in [0.5, 0.6) is 0 Å². The predicted octanol–water partition coefficient (Wildman–Crippen LogP) is 3.74. The van der Waals surface area contributed by atoms with Crippen molar-refractivity contribution in [2.24, 2.45) is 0 Å². The second-order valence-electron chi connectivity index (χ2n) is 3.16. The van der Waals surface area contributed by atoms with E-state index in [9.17, 15) is 4.39 Å². The lowest BCUT2D eigenvalue weighted by atomic mass is 10.1. The third-order valence-electron chi connectivity index (χ3n) is 1.97. The summed E-state index contributed by atoms with van der Waals surface area (Å²) in [4.78, 5) is 4.17. The number of oxazole rings is 1. The molecule has 0 bridgehead atoms. The molecule has 0 saturated carbocycles. The molecule has 0 unspecified atom stereocenters.